The minimum Gasteiger partial charge on any atom is -0.508 e. The number of likely N-dealkylation sites (N-methyl/N-ethyl adjacent to an activating group) is 1. The lowest BCUT2D eigenvalue weighted by Gasteiger charge is -2.27. The van der Waals surface area contributed by atoms with Crippen molar-refractivity contribution in [3.63, 3.8) is 0 Å². The second-order valence-electron chi connectivity index (χ2n) is 9.48. The van der Waals surface area contributed by atoms with Gasteiger partial charge in [-0.2, -0.15) is 0 Å². The van der Waals surface area contributed by atoms with Crippen LogP contribution in [0.3, 0.4) is 0 Å². The summed E-state index contributed by atoms with van der Waals surface area (Å²) in [5.74, 6) is -2.45. The maximum absolute atomic E-state index is 13.4. The number of hydrogen-bond acceptors (Lipinski definition) is 7. The Balaban J connectivity index is 2.16. The normalized spacial score (nSPS) is 13.1. The van der Waals surface area contributed by atoms with E-state index < -0.39 is 41.8 Å². The average Bonchev–Trinajstić information content (AvgIpc) is 2.92. The lowest BCUT2D eigenvalue weighted by Crippen LogP contribution is -2.56. The third-order valence-electron chi connectivity index (χ3n) is 6.24. The number of carboxylic acid groups (broad SMARTS) is 1. The number of benzene rings is 2. The van der Waals surface area contributed by atoms with Gasteiger partial charge in [0.25, 0.3) is 0 Å². The highest BCUT2D eigenvalue weighted by atomic mass is 16.4. The number of amides is 3. The van der Waals surface area contributed by atoms with Gasteiger partial charge in [-0.25, -0.2) is 0 Å². The Morgan fingerprint density at radius 2 is 1.49 bits per heavy atom. The zero-order chi connectivity index (χ0) is 28.8. The lowest BCUT2D eigenvalue weighted by molar-refractivity contribution is -0.139. The summed E-state index contributed by atoms with van der Waals surface area (Å²) in [5.41, 5.74) is 13.3. The van der Waals surface area contributed by atoms with E-state index in [0.717, 1.165) is 11.1 Å². The Hall–Kier alpha value is -3.96. The van der Waals surface area contributed by atoms with Gasteiger partial charge in [0.2, 0.25) is 17.7 Å². The van der Waals surface area contributed by atoms with Crippen molar-refractivity contribution in [1.29, 1.82) is 0 Å². The van der Waals surface area contributed by atoms with Gasteiger partial charge >= 0.3 is 5.97 Å². The molecule has 11 nitrogen and oxygen atoms in total. The Morgan fingerprint density at radius 3 is 2.10 bits per heavy atom. The quantitative estimate of drug-likeness (QED) is 0.166. The van der Waals surface area contributed by atoms with Crippen LogP contribution in [0.5, 0.6) is 5.75 Å². The predicted molar refractivity (Wildman–Crippen MR) is 147 cm³/mol. The van der Waals surface area contributed by atoms with E-state index >= 15 is 0 Å². The molecule has 2 aromatic carbocycles. The molecule has 0 heterocycles. The largest absolute Gasteiger partial charge is 0.508 e. The van der Waals surface area contributed by atoms with Gasteiger partial charge in [-0.15, -0.1) is 0 Å². The number of phenols is 1. The van der Waals surface area contributed by atoms with E-state index in [4.69, 9.17) is 16.6 Å². The molecule has 0 aliphatic rings. The summed E-state index contributed by atoms with van der Waals surface area (Å²) < 4.78 is 0. The molecule has 0 fully saturated rings. The molecule has 0 saturated heterocycles. The number of phenolic OH excluding ortho intramolecular Hbond substituents is 1. The van der Waals surface area contributed by atoms with E-state index in [0.29, 0.717) is 25.8 Å². The molecule has 0 bridgehead atoms. The number of aliphatic carboxylic acids is 1. The van der Waals surface area contributed by atoms with E-state index in [2.05, 4.69) is 10.6 Å². The SMILES string of the molecule is CN(CCC(=O)O)C(=O)[C@H](Cc1ccccc1)NC(=O)[C@@H](CCCCN)NC(=O)[C@@H](N)Cc1ccc(O)cc1. The van der Waals surface area contributed by atoms with Gasteiger partial charge in [0.1, 0.15) is 17.8 Å². The topological polar surface area (TPSA) is 188 Å². The Labute approximate surface area is 228 Å². The minimum atomic E-state index is -1.04. The van der Waals surface area contributed by atoms with Gasteiger partial charge in [-0.05, 0) is 55.5 Å². The third kappa shape index (κ3) is 11.1. The summed E-state index contributed by atoms with van der Waals surface area (Å²) in [6.07, 6.45) is 1.66. The molecule has 0 aliphatic carbocycles. The second kappa shape index (κ2) is 16.1. The molecule has 0 aliphatic heterocycles. The Bertz CT molecular complexity index is 1080. The maximum Gasteiger partial charge on any atom is 0.305 e. The van der Waals surface area contributed by atoms with Crippen LogP contribution in [0.2, 0.25) is 0 Å². The first-order valence-electron chi connectivity index (χ1n) is 13.0. The number of hydrogen-bond donors (Lipinski definition) is 6. The fraction of sp³-hybridized carbons (Fsp3) is 0.429. The van der Waals surface area contributed by atoms with Crippen LogP contribution in [-0.2, 0) is 32.0 Å². The van der Waals surface area contributed by atoms with E-state index in [1.807, 2.05) is 30.3 Å². The fourth-order valence-electron chi connectivity index (χ4n) is 3.98. The van der Waals surface area contributed by atoms with Gasteiger partial charge in [-0.3, -0.25) is 19.2 Å². The molecule has 0 unspecified atom stereocenters. The molecule has 11 heteroatoms. The number of nitrogens with zero attached hydrogens (tertiary/aromatic N) is 1. The monoisotopic (exact) mass is 541 g/mol. The molecule has 0 spiro atoms. The van der Waals surface area contributed by atoms with Crippen molar-refractivity contribution >= 4 is 23.7 Å². The number of rotatable bonds is 16. The molecular weight excluding hydrogens is 502 g/mol. The predicted octanol–water partition coefficient (Wildman–Crippen LogP) is 0.536. The van der Waals surface area contributed by atoms with E-state index in [1.165, 1.54) is 24.1 Å². The molecule has 212 valence electrons. The van der Waals surface area contributed by atoms with Gasteiger partial charge in [0.15, 0.2) is 0 Å². The Morgan fingerprint density at radius 1 is 0.872 bits per heavy atom. The standard InChI is InChI=1S/C28H39N5O6/c1-33(16-14-25(35)36)28(39)24(18-19-7-3-2-4-8-19)32-27(38)23(9-5-6-15-29)31-26(37)22(30)17-20-10-12-21(34)13-11-20/h2-4,7-8,10-13,22-24,34H,5-6,9,14-18,29-30H2,1H3,(H,31,37)(H,32,38)(H,35,36)/t22-,23+,24-/m0/s1. The molecule has 8 N–H and O–H groups in total. The first-order chi connectivity index (χ1) is 18.6. The van der Waals surface area contributed by atoms with Crippen LogP contribution in [0.4, 0.5) is 0 Å². The van der Waals surface area contributed by atoms with Crippen LogP contribution in [-0.4, -0.2) is 77.1 Å². The zero-order valence-electron chi connectivity index (χ0n) is 22.2. The maximum atomic E-state index is 13.4. The summed E-state index contributed by atoms with van der Waals surface area (Å²) in [6, 6.07) is 12.6. The highest BCUT2D eigenvalue weighted by molar-refractivity contribution is 5.93. The molecule has 3 amide bonds. The summed E-state index contributed by atoms with van der Waals surface area (Å²) in [5, 5.41) is 23.9. The highest BCUT2D eigenvalue weighted by Gasteiger charge is 2.29. The first-order valence-corrected chi connectivity index (χ1v) is 13.0. The second-order valence-corrected chi connectivity index (χ2v) is 9.48. The van der Waals surface area contributed by atoms with Crippen molar-refractivity contribution in [1.82, 2.24) is 15.5 Å². The first kappa shape index (κ1) is 31.3. The van der Waals surface area contributed by atoms with Crippen molar-refractivity contribution in [2.45, 2.75) is 56.7 Å². The van der Waals surface area contributed by atoms with Crippen LogP contribution in [0, 0.1) is 0 Å². The van der Waals surface area contributed by atoms with Crippen molar-refractivity contribution in [2.75, 3.05) is 20.1 Å². The number of nitrogens with two attached hydrogens (primary N) is 2. The smallest absolute Gasteiger partial charge is 0.305 e. The number of carboxylic acids is 1. The summed E-state index contributed by atoms with van der Waals surface area (Å²) >= 11 is 0. The minimum absolute atomic E-state index is 0.0158. The molecule has 2 aromatic rings. The highest BCUT2D eigenvalue weighted by Crippen LogP contribution is 2.12. The van der Waals surface area contributed by atoms with Crippen molar-refractivity contribution in [3.05, 3.63) is 65.7 Å². The van der Waals surface area contributed by atoms with Crippen molar-refractivity contribution < 1.29 is 29.4 Å². The van der Waals surface area contributed by atoms with Gasteiger partial charge in [0, 0.05) is 20.0 Å². The van der Waals surface area contributed by atoms with Gasteiger partial charge in [-0.1, -0.05) is 42.5 Å². The number of nitrogens with one attached hydrogen (secondary N) is 2. The van der Waals surface area contributed by atoms with E-state index in [9.17, 15) is 24.3 Å². The average molecular weight is 542 g/mol. The molecule has 3 atom stereocenters. The third-order valence-corrected chi connectivity index (χ3v) is 6.24. The van der Waals surface area contributed by atoms with E-state index in [-0.39, 0.29) is 31.6 Å². The number of carbonyl (C=O) groups excluding carboxylic acids is 3. The summed E-state index contributed by atoms with van der Waals surface area (Å²) in [6.45, 7) is 0.407. The Kier molecular flexibility index (Phi) is 12.9. The fourth-order valence-corrected chi connectivity index (χ4v) is 3.98. The van der Waals surface area contributed by atoms with Crippen LogP contribution in [0.25, 0.3) is 0 Å². The van der Waals surface area contributed by atoms with Crippen LogP contribution >= 0.6 is 0 Å². The molecular formula is C28H39N5O6. The van der Waals surface area contributed by atoms with Crippen LogP contribution < -0.4 is 22.1 Å². The number of aromatic hydroxyl groups is 1. The van der Waals surface area contributed by atoms with Gasteiger partial charge in [0.05, 0.1) is 12.5 Å². The van der Waals surface area contributed by atoms with Crippen molar-refractivity contribution in [3.8, 4) is 5.75 Å². The molecule has 0 saturated carbocycles. The van der Waals surface area contributed by atoms with Gasteiger partial charge < -0.3 is 37.2 Å². The molecule has 0 aromatic heterocycles. The lowest BCUT2D eigenvalue weighted by atomic mass is 10.0. The molecule has 2 rings (SSSR count). The van der Waals surface area contributed by atoms with Crippen molar-refractivity contribution in [2.24, 2.45) is 11.5 Å². The van der Waals surface area contributed by atoms with Crippen LogP contribution in [0.15, 0.2) is 54.6 Å². The zero-order valence-corrected chi connectivity index (χ0v) is 22.2. The molecule has 0 radical (unpaired) electrons. The number of unbranched alkanes of at least 4 members (excludes halogenated alkanes) is 1. The van der Waals surface area contributed by atoms with Crippen LogP contribution in [0.1, 0.15) is 36.8 Å². The van der Waals surface area contributed by atoms with E-state index in [1.54, 1.807) is 12.1 Å². The summed E-state index contributed by atoms with van der Waals surface area (Å²) in [4.78, 5) is 51.8. The summed E-state index contributed by atoms with van der Waals surface area (Å²) in [7, 11) is 1.48. The molecule has 39 heavy (non-hydrogen) atoms. The number of carbonyl (C=O) groups is 4.